The number of hydrogen-bond acceptors (Lipinski definition) is 1. The molecule has 0 N–H and O–H groups in total. The van der Waals surface area contributed by atoms with Gasteiger partial charge in [0.15, 0.2) is 0 Å². The summed E-state index contributed by atoms with van der Waals surface area (Å²) < 4.78 is 6.47. The minimum Gasteiger partial charge on any atom is -0.456 e. The third-order valence-corrected chi connectivity index (χ3v) is 12.6. The molecule has 0 aliphatic heterocycles. The molecule has 1 heterocycles. The molecule has 10 aromatic carbocycles. The summed E-state index contributed by atoms with van der Waals surface area (Å²) in [7, 11) is 0. The lowest BCUT2D eigenvalue weighted by Crippen LogP contribution is -2.15. The highest BCUT2D eigenvalue weighted by molar-refractivity contribution is 6.22. The minimum absolute atomic E-state index is 0.185. The van der Waals surface area contributed by atoms with Gasteiger partial charge in [-0.15, -0.1) is 0 Å². The maximum absolute atomic E-state index is 6.47. The van der Waals surface area contributed by atoms with E-state index in [1.807, 2.05) is 0 Å². The first kappa shape index (κ1) is 31.4. The van der Waals surface area contributed by atoms with Gasteiger partial charge in [-0.25, -0.2) is 0 Å². The Hall–Kier alpha value is -6.96. The normalized spacial score (nSPS) is 13.3. The lowest BCUT2D eigenvalue weighted by atomic mass is 9.80. The van der Waals surface area contributed by atoms with Crippen molar-refractivity contribution < 1.29 is 4.42 Å². The standard InChI is InChI=1S/C55H36O/c1-55(2)48-30-36(37-22-27-47-51(32-37)56-50-28-24-34-12-5-6-14-40(34)54(47)50)21-25-41(48)42-26-23-39(31-49(42)55)53-45-17-9-7-15-43(45)52(44-16-8-10-18-46(44)53)38-20-19-33-11-3-4-13-35(33)29-38/h3-32H,1-2H3. The van der Waals surface area contributed by atoms with Gasteiger partial charge in [-0.3, -0.25) is 0 Å². The molecule has 12 rings (SSSR count). The van der Waals surface area contributed by atoms with E-state index in [1.165, 1.54) is 104 Å². The highest BCUT2D eigenvalue weighted by Crippen LogP contribution is 2.52. The molecular weight excluding hydrogens is 677 g/mol. The zero-order valence-corrected chi connectivity index (χ0v) is 31.2. The minimum atomic E-state index is -0.185. The Morgan fingerprint density at radius 3 is 1.50 bits per heavy atom. The van der Waals surface area contributed by atoms with Crippen LogP contribution in [0.25, 0.3) is 110 Å². The van der Waals surface area contributed by atoms with Gasteiger partial charge in [0.2, 0.25) is 0 Å². The zero-order valence-electron chi connectivity index (χ0n) is 31.2. The first-order chi connectivity index (χ1) is 27.5. The van der Waals surface area contributed by atoms with E-state index < -0.39 is 0 Å². The molecule has 262 valence electrons. The molecule has 0 amide bonds. The second kappa shape index (κ2) is 11.5. The summed E-state index contributed by atoms with van der Waals surface area (Å²) in [4.78, 5) is 0. The molecule has 1 aromatic heterocycles. The van der Waals surface area contributed by atoms with Crippen LogP contribution < -0.4 is 0 Å². The van der Waals surface area contributed by atoms with Crippen LogP contribution in [-0.4, -0.2) is 0 Å². The lowest BCUT2D eigenvalue weighted by Gasteiger charge is -2.23. The molecule has 1 aliphatic rings. The van der Waals surface area contributed by atoms with Crippen LogP contribution in [0.2, 0.25) is 0 Å². The van der Waals surface area contributed by atoms with Crippen molar-refractivity contribution in [2.24, 2.45) is 0 Å². The van der Waals surface area contributed by atoms with Gasteiger partial charge in [-0.1, -0.05) is 159 Å². The summed E-state index contributed by atoms with van der Waals surface area (Å²) in [5.41, 5.74) is 14.5. The van der Waals surface area contributed by atoms with Gasteiger partial charge in [0.1, 0.15) is 11.2 Å². The Balaban J connectivity index is 0.987. The largest absolute Gasteiger partial charge is 0.456 e. The average molecular weight is 713 g/mol. The predicted octanol–water partition coefficient (Wildman–Crippen LogP) is 15.5. The van der Waals surface area contributed by atoms with Crippen LogP contribution in [0.4, 0.5) is 0 Å². The van der Waals surface area contributed by atoms with Crippen molar-refractivity contribution in [2.45, 2.75) is 19.3 Å². The van der Waals surface area contributed by atoms with E-state index in [9.17, 15) is 0 Å². The Morgan fingerprint density at radius 1 is 0.339 bits per heavy atom. The Kier molecular flexibility index (Phi) is 6.46. The smallest absolute Gasteiger partial charge is 0.136 e. The molecule has 56 heavy (non-hydrogen) atoms. The first-order valence-corrected chi connectivity index (χ1v) is 19.6. The van der Waals surface area contributed by atoms with Gasteiger partial charge in [0.05, 0.1) is 0 Å². The molecule has 0 saturated carbocycles. The number of benzene rings is 10. The van der Waals surface area contributed by atoms with Gasteiger partial charge >= 0.3 is 0 Å². The fourth-order valence-corrected chi connectivity index (χ4v) is 9.89. The Morgan fingerprint density at radius 2 is 0.821 bits per heavy atom. The van der Waals surface area contributed by atoms with Gasteiger partial charge < -0.3 is 4.42 Å². The molecular formula is C55H36O. The maximum atomic E-state index is 6.47. The van der Waals surface area contributed by atoms with Crippen LogP contribution in [0.5, 0.6) is 0 Å². The van der Waals surface area contributed by atoms with Crippen molar-refractivity contribution in [1.29, 1.82) is 0 Å². The van der Waals surface area contributed by atoms with Crippen LogP contribution in [0.15, 0.2) is 186 Å². The lowest BCUT2D eigenvalue weighted by molar-refractivity contribution is 0.661. The second-order valence-electron chi connectivity index (χ2n) is 16.0. The van der Waals surface area contributed by atoms with Gasteiger partial charge in [-0.2, -0.15) is 0 Å². The summed E-state index contributed by atoms with van der Waals surface area (Å²) >= 11 is 0. The molecule has 0 fully saturated rings. The zero-order chi connectivity index (χ0) is 37.1. The van der Waals surface area contributed by atoms with Crippen molar-refractivity contribution in [3.05, 3.63) is 193 Å². The number of fused-ring (bicyclic) bond motifs is 11. The van der Waals surface area contributed by atoms with Crippen molar-refractivity contribution in [3.8, 4) is 44.5 Å². The highest BCUT2D eigenvalue weighted by Gasteiger charge is 2.36. The quantitative estimate of drug-likeness (QED) is 0.166. The molecule has 0 atom stereocenters. The van der Waals surface area contributed by atoms with E-state index in [-0.39, 0.29) is 5.41 Å². The molecule has 0 spiro atoms. The van der Waals surface area contributed by atoms with Gasteiger partial charge in [0, 0.05) is 16.2 Å². The van der Waals surface area contributed by atoms with Crippen LogP contribution in [0.3, 0.4) is 0 Å². The van der Waals surface area contributed by atoms with Crippen LogP contribution in [-0.2, 0) is 5.41 Å². The van der Waals surface area contributed by atoms with E-state index in [0.29, 0.717) is 0 Å². The van der Waals surface area contributed by atoms with Gasteiger partial charge in [-0.05, 0) is 135 Å². The fraction of sp³-hybridized carbons (Fsp3) is 0.0545. The van der Waals surface area contributed by atoms with Crippen molar-refractivity contribution in [3.63, 3.8) is 0 Å². The number of rotatable bonds is 3. The molecule has 0 bridgehead atoms. The summed E-state index contributed by atoms with van der Waals surface area (Å²) in [5.74, 6) is 0. The Labute approximate surface area is 325 Å². The Bertz CT molecular complexity index is 3390. The van der Waals surface area contributed by atoms with E-state index >= 15 is 0 Å². The second-order valence-corrected chi connectivity index (χ2v) is 16.0. The molecule has 0 saturated heterocycles. The topological polar surface area (TPSA) is 13.1 Å². The highest BCUT2D eigenvalue weighted by atomic mass is 16.3. The van der Waals surface area contributed by atoms with Crippen LogP contribution >= 0.6 is 0 Å². The van der Waals surface area contributed by atoms with E-state index in [2.05, 4.69) is 196 Å². The molecule has 1 nitrogen and oxygen atoms in total. The third-order valence-electron chi connectivity index (χ3n) is 12.6. The number of hydrogen-bond donors (Lipinski definition) is 0. The van der Waals surface area contributed by atoms with Gasteiger partial charge in [0.25, 0.3) is 0 Å². The van der Waals surface area contributed by atoms with Crippen LogP contribution in [0.1, 0.15) is 25.0 Å². The van der Waals surface area contributed by atoms with Crippen molar-refractivity contribution >= 4 is 65.0 Å². The molecule has 1 heteroatoms. The SMILES string of the molecule is CC1(C)c2cc(-c3ccc4c(c3)oc3ccc5ccccc5c34)ccc2-c2ccc(-c3c4ccccc4c(-c4ccc5ccccc5c4)c4ccccc34)cc21. The monoisotopic (exact) mass is 712 g/mol. The van der Waals surface area contributed by atoms with E-state index in [0.717, 1.165) is 16.6 Å². The van der Waals surface area contributed by atoms with E-state index in [4.69, 9.17) is 4.42 Å². The molecule has 0 unspecified atom stereocenters. The third kappa shape index (κ3) is 4.43. The molecule has 0 radical (unpaired) electrons. The summed E-state index contributed by atoms with van der Waals surface area (Å²) in [5, 5.41) is 12.4. The van der Waals surface area contributed by atoms with Crippen molar-refractivity contribution in [1.82, 2.24) is 0 Å². The summed E-state index contributed by atoms with van der Waals surface area (Å²) in [6.45, 7) is 4.77. The first-order valence-electron chi connectivity index (χ1n) is 19.6. The summed E-state index contributed by atoms with van der Waals surface area (Å²) in [6, 6.07) is 67.2. The van der Waals surface area contributed by atoms with Crippen molar-refractivity contribution in [2.75, 3.05) is 0 Å². The molecule has 1 aliphatic carbocycles. The average Bonchev–Trinajstić information content (AvgIpc) is 3.73. The maximum Gasteiger partial charge on any atom is 0.136 e. The van der Waals surface area contributed by atoms with E-state index in [1.54, 1.807) is 0 Å². The van der Waals surface area contributed by atoms with Crippen LogP contribution in [0, 0.1) is 0 Å². The summed E-state index contributed by atoms with van der Waals surface area (Å²) in [6.07, 6.45) is 0. The molecule has 11 aromatic rings. The number of furan rings is 1. The predicted molar refractivity (Wildman–Crippen MR) is 238 cm³/mol. The fourth-order valence-electron chi connectivity index (χ4n) is 9.89.